The van der Waals surface area contributed by atoms with Crippen LogP contribution in [0.2, 0.25) is 0 Å². The summed E-state index contributed by atoms with van der Waals surface area (Å²) in [7, 11) is 1.77. The van der Waals surface area contributed by atoms with E-state index in [0.29, 0.717) is 12.2 Å². The zero-order valence-corrected chi connectivity index (χ0v) is 11.9. The van der Waals surface area contributed by atoms with Crippen LogP contribution in [0.15, 0.2) is 22.1 Å². The lowest BCUT2D eigenvalue weighted by Gasteiger charge is -2.14. The number of thiazole rings is 1. The van der Waals surface area contributed by atoms with Crippen LogP contribution in [0.3, 0.4) is 0 Å². The van der Waals surface area contributed by atoms with Gasteiger partial charge in [0.2, 0.25) is 0 Å². The second-order valence-electron chi connectivity index (χ2n) is 3.75. The molecule has 6 heteroatoms. The van der Waals surface area contributed by atoms with E-state index in [9.17, 15) is 4.79 Å². The molecule has 0 aromatic carbocycles. The predicted octanol–water partition coefficient (Wildman–Crippen LogP) is 2.81. The van der Waals surface area contributed by atoms with Crippen LogP contribution >= 0.6 is 27.3 Å². The Morgan fingerprint density at radius 1 is 1.65 bits per heavy atom. The summed E-state index contributed by atoms with van der Waals surface area (Å²) in [4.78, 5) is 20.9. The maximum atomic E-state index is 12.0. The maximum Gasteiger partial charge on any atom is 0.270 e. The van der Waals surface area contributed by atoms with Crippen LogP contribution in [0, 0.1) is 6.92 Å². The van der Waals surface area contributed by atoms with Gasteiger partial charge in [-0.25, -0.2) is 4.98 Å². The summed E-state index contributed by atoms with van der Waals surface area (Å²) in [5, 5.41) is 2.99. The van der Waals surface area contributed by atoms with E-state index in [1.807, 2.05) is 12.3 Å². The highest BCUT2D eigenvalue weighted by Gasteiger charge is 2.14. The molecule has 4 nitrogen and oxygen atoms in total. The second-order valence-corrected chi connectivity index (χ2v) is 5.73. The molecular formula is C11H12BrN3OS. The van der Waals surface area contributed by atoms with Crippen molar-refractivity contribution in [3.63, 3.8) is 0 Å². The number of carbonyl (C=O) groups is 1. The molecule has 17 heavy (non-hydrogen) atoms. The van der Waals surface area contributed by atoms with Gasteiger partial charge in [-0.3, -0.25) is 4.79 Å². The normalized spacial score (nSPS) is 10.5. The predicted molar refractivity (Wildman–Crippen MR) is 71.1 cm³/mol. The fraction of sp³-hybridized carbons (Fsp3) is 0.273. The molecule has 2 aromatic rings. The zero-order valence-electron chi connectivity index (χ0n) is 9.53. The molecule has 0 spiro atoms. The van der Waals surface area contributed by atoms with Gasteiger partial charge in [-0.15, -0.1) is 11.3 Å². The number of carbonyl (C=O) groups excluding carboxylic acids is 1. The summed E-state index contributed by atoms with van der Waals surface area (Å²) in [5.74, 6) is -0.0404. The minimum absolute atomic E-state index is 0.0404. The van der Waals surface area contributed by atoms with Crippen molar-refractivity contribution in [2.24, 2.45) is 0 Å². The molecule has 0 radical (unpaired) electrons. The second kappa shape index (κ2) is 5.01. The average molecular weight is 314 g/mol. The van der Waals surface area contributed by atoms with Gasteiger partial charge in [0.1, 0.15) is 5.69 Å². The van der Waals surface area contributed by atoms with E-state index >= 15 is 0 Å². The molecule has 1 N–H and O–H groups in total. The van der Waals surface area contributed by atoms with E-state index in [0.717, 1.165) is 15.2 Å². The van der Waals surface area contributed by atoms with Crippen LogP contribution in [-0.4, -0.2) is 27.8 Å². The minimum atomic E-state index is -0.0404. The molecule has 1 amide bonds. The average Bonchev–Trinajstić information content (AvgIpc) is 2.87. The molecule has 0 atom stereocenters. The number of nitrogens with one attached hydrogen (secondary N) is 1. The monoisotopic (exact) mass is 313 g/mol. The number of nitrogens with zero attached hydrogens (tertiary/aromatic N) is 2. The number of H-pyrrole nitrogens is 1. The van der Waals surface area contributed by atoms with Crippen molar-refractivity contribution in [3.05, 3.63) is 38.5 Å². The smallest absolute Gasteiger partial charge is 0.270 e. The van der Waals surface area contributed by atoms with Crippen LogP contribution in [0.1, 0.15) is 21.2 Å². The first-order valence-electron chi connectivity index (χ1n) is 5.06. The molecule has 0 aliphatic heterocycles. The third-order valence-electron chi connectivity index (χ3n) is 2.29. The van der Waals surface area contributed by atoms with Crippen LogP contribution in [0.4, 0.5) is 0 Å². The van der Waals surface area contributed by atoms with Gasteiger partial charge in [0.15, 0.2) is 0 Å². The summed E-state index contributed by atoms with van der Waals surface area (Å²) in [6.07, 6.45) is 1.74. The highest BCUT2D eigenvalue weighted by atomic mass is 79.9. The lowest BCUT2D eigenvalue weighted by Crippen LogP contribution is -2.26. The lowest BCUT2D eigenvalue weighted by atomic mass is 10.3. The summed E-state index contributed by atoms with van der Waals surface area (Å²) in [5.41, 5.74) is 1.50. The Kier molecular flexibility index (Phi) is 3.63. The standard InChI is InChI=1S/C11H12BrN3OS/c1-7-14-9(6-17-7)5-15(2)11(16)10-3-8(12)4-13-10/h3-4,6,13H,5H2,1-2H3. The number of rotatable bonds is 3. The number of hydrogen-bond donors (Lipinski definition) is 1. The van der Waals surface area contributed by atoms with Crippen LogP contribution in [0.25, 0.3) is 0 Å². The van der Waals surface area contributed by atoms with Crippen molar-refractivity contribution in [2.45, 2.75) is 13.5 Å². The van der Waals surface area contributed by atoms with Gasteiger partial charge in [0, 0.05) is 23.1 Å². The van der Waals surface area contributed by atoms with Gasteiger partial charge in [-0.05, 0) is 28.9 Å². The number of amides is 1. The van der Waals surface area contributed by atoms with Gasteiger partial charge in [0.05, 0.1) is 17.2 Å². The van der Waals surface area contributed by atoms with Gasteiger partial charge >= 0.3 is 0 Å². The number of aromatic nitrogens is 2. The molecule has 0 bridgehead atoms. The van der Waals surface area contributed by atoms with Gasteiger partial charge in [0.25, 0.3) is 5.91 Å². The van der Waals surface area contributed by atoms with E-state index in [4.69, 9.17) is 0 Å². The Balaban J connectivity index is 2.05. The fourth-order valence-corrected chi connectivity index (χ4v) is 2.44. The van der Waals surface area contributed by atoms with E-state index in [1.54, 1.807) is 35.5 Å². The summed E-state index contributed by atoms with van der Waals surface area (Å²) >= 11 is 4.90. The Labute approximate surface area is 112 Å². The van der Waals surface area contributed by atoms with Gasteiger partial charge in [-0.1, -0.05) is 0 Å². The van der Waals surface area contributed by atoms with E-state index in [2.05, 4.69) is 25.9 Å². The molecule has 2 heterocycles. The largest absolute Gasteiger partial charge is 0.356 e. The topological polar surface area (TPSA) is 49.0 Å². The summed E-state index contributed by atoms with van der Waals surface area (Å²) < 4.78 is 0.874. The number of hydrogen-bond acceptors (Lipinski definition) is 3. The molecule has 0 saturated heterocycles. The van der Waals surface area contributed by atoms with E-state index in [-0.39, 0.29) is 5.91 Å². The molecule has 0 saturated carbocycles. The molecule has 0 fully saturated rings. The third kappa shape index (κ3) is 2.95. The molecule has 0 aliphatic rings. The summed E-state index contributed by atoms with van der Waals surface area (Å²) in [6, 6.07) is 1.77. The van der Waals surface area contributed by atoms with Crippen molar-refractivity contribution >= 4 is 33.2 Å². The first kappa shape index (κ1) is 12.3. The van der Waals surface area contributed by atoms with Crippen LogP contribution in [0.5, 0.6) is 0 Å². The molecule has 0 aliphatic carbocycles. The van der Waals surface area contributed by atoms with E-state index in [1.165, 1.54) is 0 Å². The quantitative estimate of drug-likeness (QED) is 0.947. The van der Waals surface area contributed by atoms with Crippen molar-refractivity contribution < 1.29 is 4.79 Å². The zero-order chi connectivity index (χ0) is 12.4. The molecule has 2 aromatic heterocycles. The molecule has 2 rings (SSSR count). The van der Waals surface area contributed by atoms with Crippen LogP contribution in [-0.2, 0) is 6.54 Å². The number of aryl methyl sites for hydroxylation is 1. The first-order valence-corrected chi connectivity index (χ1v) is 6.74. The Morgan fingerprint density at radius 3 is 2.94 bits per heavy atom. The highest BCUT2D eigenvalue weighted by Crippen LogP contribution is 2.14. The van der Waals surface area contributed by atoms with Gasteiger partial charge in [-0.2, -0.15) is 0 Å². The molecular weight excluding hydrogens is 302 g/mol. The fourth-order valence-electron chi connectivity index (χ4n) is 1.49. The number of aromatic amines is 1. The number of halogens is 1. The highest BCUT2D eigenvalue weighted by molar-refractivity contribution is 9.10. The maximum absolute atomic E-state index is 12.0. The van der Waals surface area contributed by atoms with Gasteiger partial charge < -0.3 is 9.88 Å². The Hall–Kier alpha value is -1.14. The molecule has 0 unspecified atom stereocenters. The summed E-state index contributed by atoms with van der Waals surface area (Å²) in [6.45, 7) is 2.48. The SMILES string of the molecule is Cc1nc(CN(C)C(=O)c2cc(Br)c[nH]2)cs1. The van der Waals surface area contributed by atoms with Crippen LogP contribution < -0.4 is 0 Å². The van der Waals surface area contributed by atoms with Crippen molar-refractivity contribution in [1.29, 1.82) is 0 Å². The van der Waals surface area contributed by atoms with Crippen molar-refractivity contribution in [1.82, 2.24) is 14.9 Å². The Bertz CT molecular complexity index is 534. The van der Waals surface area contributed by atoms with Crippen molar-refractivity contribution in [3.8, 4) is 0 Å². The molecule has 90 valence electrons. The first-order chi connectivity index (χ1) is 8.06. The minimum Gasteiger partial charge on any atom is -0.356 e. The third-order valence-corrected chi connectivity index (χ3v) is 3.57. The van der Waals surface area contributed by atoms with E-state index < -0.39 is 0 Å². The lowest BCUT2D eigenvalue weighted by molar-refractivity contribution is 0.0778. The Morgan fingerprint density at radius 2 is 2.41 bits per heavy atom. The van der Waals surface area contributed by atoms with Crippen molar-refractivity contribution in [2.75, 3.05) is 7.05 Å².